The van der Waals surface area contributed by atoms with Gasteiger partial charge in [-0.05, 0) is 66.0 Å². The van der Waals surface area contributed by atoms with Gasteiger partial charge in [0.05, 0.1) is 4.47 Å². The molecule has 0 spiro atoms. The third-order valence-corrected chi connectivity index (χ3v) is 4.41. The van der Waals surface area contributed by atoms with Gasteiger partial charge in [0.25, 0.3) is 0 Å². The van der Waals surface area contributed by atoms with E-state index < -0.39 is 23.7 Å². The first-order valence-electron chi connectivity index (χ1n) is 9.10. The summed E-state index contributed by atoms with van der Waals surface area (Å²) in [5, 5.41) is 3.12. The number of esters is 1. The van der Waals surface area contributed by atoms with E-state index in [9.17, 15) is 9.59 Å². The molecule has 1 atom stereocenters. The number of nitrogens with one attached hydrogen (secondary N) is 1. The van der Waals surface area contributed by atoms with Gasteiger partial charge in [-0.15, -0.1) is 0 Å². The van der Waals surface area contributed by atoms with Crippen molar-refractivity contribution in [2.24, 2.45) is 0 Å². The van der Waals surface area contributed by atoms with Gasteiger partial charge in [-0.1, -0.05) is 12.1 Å². The van der Waals surface area contributed by atoms with E-state index in [0.717, 1.165) is 5.56 Å². The zero-order valence-electron chi connectivity index (χ0n) is 17.4. The van der Waals surface area contributed by atoms with Crippen LogP contribution in [0.15, 0.2) is 34.9 Å². The summed E-state index contributed by atoms with van der Waals surface area (Å²) in [7, 11) is 3.21. The van der Waals surface area contributed by atoms with Crippen LogP contribution in [0.2, 0.25) is 5.28 Å². The number of halogens is 2. The second-order valence-electron chi connectivity index (χ2n) is 7.68. The first-order chi connectivity index (χ1) is 13.9. The summed E-state index contributed by atoms with van der Waals surface area (Å²) in [6.07, 6.45) is 1.34. The molecule has 162 valence electrons. The molecule has 1 N–H and O–H groups in total. The molecule has 30 heavy (non-hydrogen) atoms. The van der Waals surface area contributed by atoms with Crippen LogP contribution in [0.1, 0.15) is 26.3 Å². The fraction of sp³-hybridized carbons (Fsp3) is 0.400. The van der Waals surface area contributed by atoms with Gasteiger partial charge in [0.15, 0.2) is 0 Å². The lowest BCUT2D eigenvalue weighted by Gasteiger charge is -2.25. The quantitative estimate of drug-likeness (QED) is 0.467. The molecule has 2 rings (SSSR count). The Morgan fingerprint density at radius 2 is 1.87 bits per heavy atom. The second-order valence-corrected chi connectivity index (χ2v) is 8.87. The van der Waals surface area contributed by atoms with Crippen LogP contribution in [0.4, 0.5) is 10.6 Å². The van der Waals surface area contributed by atoms with Gasteiger partial charge in [0.2, 0.25) is 5.28 Å². The van der Waals surface area contributed by atoms with E-state index in [2.05, 4.69) is 31.2 Å². The minimum Gasteiger partial charge on any atom is -0.458 e. The van der Waals surface area contributed by atoms with Crippen LogP contribution in [0, 0.1) is 0 Å². The van der Waals surface area contributed by atoms with Crippen molar-refractivity contribution >= 4 is 45.4 Å². The normalized spacial score (nSPS) is 12.1. The summed E-state index contributed by atoms with van der Waals surface area (Å²) in [6.45, 7) is 5.40. The standard InChI is InChI=1S/C20H24BrClN4O4/c1-20(2,3)30-17(27)15(24-16-14(21)11-23-18(22)25-16)10-12-6-8-13(9-7-12)29-19(28)26(4)5/h6-9,11,15H,10H2,1-5H3,(H,23,24,25)/t15-/m0/s1. The number of hydrogen-bond acceptors (Lipinski definition) is 7. The highest BCUT2D eigenvalue weighted by atomic mass is 79.9. The molecule has 0 bridgehead atoms. The first-order valence-corrected chi connectivity index (χ1v) is 10.3. The van der Waals surface area contributed by atoms with E-state index in [4.69, 9.17) is 21.1 Å². The number of anilines is 1. The van der Waals surface area contributed by atoms with Crippen molar-refractivity contribution in [3.05, 3.63) is 45.8 Å². The number of amides is 1. The molecule has 0 radical (unpaired) electrons. The van der Waals surface area contributed by atoms with Gasteiger partial charge in [-0.25, -0.2) is 14.6 Å². The Labute approximate surface area is 189 Å². The number of hydrogen-bond donors (Lipinski definition) is 1. The molecule has 0 aliphatic heterocycles. The van der Waals surface area contributed by atoms with Crippen LogP contribution >= 0.6 is 27.5 Å². The molecular weight excluding hydrogens is 476 g/mol. The lowest BCUT2D eigenvalue weighted by molar-refractivity contribution is -0.155. The number of rotatable bonds is 6. The van der Waals surface area contributed by atoms with Crippen LogP contribution in [0.5, 0.6) is 5.75 Å². The third-order valence-electron chi connectivity index (χ3n) is 3.65. The Kier molecular flexibility index (Phi) is 8.03. The molecule has 10 heteroatoms. The molecule has 8 nitrogen and oxygen atoms in total. The lowest BCUT2D eigenvalue weighted by Crippen LogP contribution is -2.38. The molecule has 1 aromatic carbocycles. The zero-order valence-corrected chi connectivity index (χ0v) is 19.7. The number of carbonyl (C=O) groups is 2. The summed E-state index contributed by atoms with van der Waals surface area (Å²) < 4.78 is 11.3. The van der Waals surface area contributed by atoms with Gasteiger partial charge in [0.1, 0.15) is 23.2 Å². The number of nitrogens with zero attached hydrogens (tertiary/aromatic N) is 3. The predicted octanol–water partition coefficient (Wildman–Crippen LogP) is 4.32. The number of ether oxygens (including phenoxy) is 2. The van der Waals surface area contributed by atoms with Gasteiger partial charge >= 0.3 is 12.1 Å². The summed E-state index contributed by atoms with van der Waals surface area (Å²) in [4.78, 5) is 33.8. The Morgan fingerprint density at radius 3 is 2.43 bits per heavy atom. The molecule has 0 aliphatic carbocycles. The van der Waals surface area contributed by atoms with Gasteiger partial charge in [-0.2, -0.15) is 4.98 Å². The van der Waals surface area contributed by atoms with Gasteiger partial charge in [0, 0.05) is 26.7 Å². The van der Waals surface area contributed by atoms with Crippen molar-refractivity contribution < 1.29 is 19.1 Å². The van der Waals surface area contributed by atoms with E-state index in [1.807, 2.05) is 0 Å². The molecule has 0 aliphatic rings. The Hall–Kier alpha value is -2.39. The molecule has 1 heterocycles. The Morgan fingerprint density at radius 1 is 1.23 bits per heavy atom. The van der Waals surface area contributed by atoms with E-state index in [-0.39, 0.29) is 5.28 Å². The average Bonchev–Trinajstić information content (AvgIpc) is 2.64. The predicted molar refractivity (Wildman–Crippen MR) is 118 cm³/mol. The lowest BCUT2D eigenvalue weighted by atomic mass is 10.1. The van der Waals surface area contributed by atoms with E-state index in [1.165, 1.54) is 11.1 Å². The van der Waals surface area contributed by atoms with Crippen LogP contribution in [-0.2, 0) is 16.0 Å². The maximum absolute atomic E-state index is 12.8. The molecule has 1 amide bonds. The maximum atomic E-state index is 12.8. The van der Waals surface area contributed by atoms with Crippen molar-refractivity contribution in [2.75, 3.05) is 19.4 Å². The van der Waals surface area contributed by atoms with E-state index >= 15 is 0 Å². The van der Waals surface area contributed by atoms with E-state index in [0.29, 0.717) is 22.5 Å². The summed E-state index contributed by atoms with van der Waals surface area (Å²) in [5.41, 5.74) is 0.182. The molecule has 2 aromatic rings. The number of benzene rings is 1. The molecule has 0 saturated heterocycles. The summed E-state index contributed by atoms with van der Waals surface area (Å²) in [6, 6.07) is 6.15. The molecular formula is C20H24BrClN4O4. The highest BCUT2D eigenvalue weighted by Crippen LogP contribution is 2.23. The Bertz CT molecular complexity index is 901. The monoisotopic (exact) mass is 498 g/mol. The van der Waals surface area contributed by atoms with Gasteiger partial charge in [-0.3, -0.25) is 0 Å². The van der Waals surface area contributed by atoms with Crippen LogP contribution in [0.25, 0.3) is 0 Å². The van der Waals surface area contributed by atoms with Crippen LogP contribution in [-0.4, -0.2) is 52.7 Å². The Balaban J connectivity index is 2.21. The largest absolute Gasteiger partial charge is 0.458 e. The molecule has 1 aromatic heterocycles. The summed E-state index contributed by atoms with van der Waals surface area (Å²) in [5.74, 6) is 0.346. The van der Waals surface area contributed by atoms with Gasteiger partial charge < -0.3 is 19.7 Å². The highest BCUT2D eigenvalue weighted by molar-refractivity contribution is 9.10. The van der Waals surface area contributed by atoms with Crippen LogP contribution < -0.4 is 10.1 Å². The molecule has 0 unspecified atom stereocenters. The second kappa shape index (κ2) is 10.1. The molecule has 0 saturated carbocycles. The summed E-state index contributed by atoms with van der Waals surface area (Å²) >= 11 is 9.23. The number of carbonyl (C=O) groups excluding carboxylic acids is 2. The first kappa shape index (κ1) is 23.9. The fourth-order valence-corrected chi connectivity index (χ4v) is 2.74. The topological polar surface area (TPSA) is 93.6 Å². The van der Waals surface area contributed by atoms with Crippen molar-refractivity contribution in [1.29, 1.82) is 0 Å². The SMILES string of the molecule is CN(C)C(=O)Oc1ccc(C[C@H](Nc2nc(Cl)ncc2Br)C(=O)OC(C)(C)C)cc1. The minimum atomic E-state index is -0.735. The minimum absolute atomic E-state index is 0.0516. The maximum Gasteiger partial charge on any atom is 0.414 e. The van der Waals surface area contributed by atoms with E-state index in [1.54, 1.807) is 59.1 Å². The molecule has 0 fully saturated rings. The smallest absolute Gasteiger partial charge is 0.414 e. The van der Waals surface area contributed by atoms with Crippen molar-refractivity contribution in [1.82, 2.24) is 14.9 Å². The average molecular weight is 500 g/mol. The third kappa shape index (κ3) is 7.46. The fourth-order valence-electron chi connectivity index (χ4n) is 2.30. The van der Waals surface area contributed by atoms with Crippen molar-refractivity contribution in [3.8, 4) is 5.75 Å². The number of aromatic nitrogens is 2. The van der Waals surface area contributed by atoms with Crippen molar-refractivity contribution in [2.45, 2.75) is 38.8 Å². The van der Waals surface area contributed by atoms with Crippen molar-refractivity contribution in [3.63, 3.8) is 0 Å². The zero-order chi connectivity index (χ0) is 22.5. The highest BCUT2D eigenvalue weighted by Gasteiger charge is 2.26. The van der Waals surface area contributed by atoms with Crippen LogP contribution in [0.3, 0.4) is 0 Å².